The van der Waals surface area contributed by atoms with Gasteiger partial charge in [-0.1, -0.05) is 45.0 Å². The molecule has 0 saturated carbocycles. The van der Waals surface area contributed by atoms with Crippen LogP contribution >= 0.6 is 0 Å². The molecule has 0 amide bonds. The van der Waals surface area contributed by atoms with Gasteiger partial charge in [-0.3, -0.25) is 9.69 Å². The molecule has 0 heterocycles. The minimum absolute atomic E-state index is 0.234. The maximum Gasteiger partial charge on any atom is 0.177 e. The van der Waals surface area contributed by atoms with Crippen molar-refractivity contribution in [2.45, 2.75) is 34.1 Å². The minimum atomic E-state index is 0.234. The van der Waals surface area contributed by atoms with Gasteiger partial charge in [0.15, 0.2) is 5.78 Å². The highest BCUT2D eigenvalue weighted by atomic mass is 16.1. The van der Waals surface area contributed by atoms with Crippen molar-refractivity contribution < 1.29 is 4.79 Å². The van der Waals surface area contributed by atoms with E-state index in [0.29, 0.717) is 6.54 Å². The lowest BCUT2D eigenvalue weighted by molar-refractivity contribution is 0.0930. The highest BCUT2D eigenvalue weighted by Gasteiger charge is 2.13. The lowest BCUT2D eigenvalue weighted by atomic mass is 10.0. The molecule has 118 valence electrons. The quantitative estimate of drug-likeness (QED) is 0.618. The fourth-order valence-corrected chi connectivity index (χ4v) is 2.58. The molecule has 3 nitrogen and oxygen atoms in total. The molecule has 0 fully saturated rings. The van der Waals surface area contributed by atoms with Crippen LogP contribution in [-0.4, -0.2) is 54.9 Å². The van der Waals surface area contributed by atoms with Crippen LogP contribution in [0.2, 0.25) is 0 Å². The third-order valence-corrected chi connectivity index (χ3v) is 4.10. The first-order valence-corrected chi connectivity index (χ1v) is 8.15. The van der Waals surface area contributed by atoms with Crippen LogP contribution in [0, 0.1) is 6.92 Å². The third kappa shape index (κ3) is 5.98. The van der Waals surface area contributed by atoms with Crippen LogP contribution < -0.4 is 0 Å². The van der Waals surface area contributed by atoms with Gasteiger partial charge in [0.2, 0.25) is 0 Å². The number of benzene rings is 1. The summed E-state index contributed by atoms with van der Waals surface area (Å²) in [6.45, 7) is 14.3. The van der Waals surface area contributed by atoms with Crippen molar-refractivity contribution >= 4 is 5.78 Å². The summed E-state index contributed by atoms with van der Waals surface area (Å²) in [4.78, 5) is 17.1. The molecule has 3 heteroatoms. The second-order valence-electron chi connectivity index (χ2n) is 5.49. The number of ketones is 1. The number of rotatable bonds is 10. The highest BCUT2D eigenvalue weighted by Crippen LogP contribution is 2.09. The molecule has 0 saturated heterocycles. The van der Waals surface area contributed by atoms with E-state index in [1.807, 2.05) is 31.2 Å². The molecule has 1 aromatic carbocycles. The fraction of sp³-hybridized carbons (Fsp3) is 0.611. The molecule has 0 N–H and O–H groups in total. The molecular weight excluding hydrogens is 260 g/mol. The molecule has 0 spiro atoms. The Morgan fingerprint density at radius 2 is 1.52 bits per heavy atom. The fourth-order valence-electron chi connectivity index (χ4n) is 2.58. The van der Waals surface area contributed by atoms with E-state index in [1.54, 1.807) is 0 Å². The molecule has 0 aliphatic carbocycles. The number of nitrogens with zero attached hydrogens (tertiary/aromatic N) is 2. The first-order chi connectivity index (χ1) is 10.1. The predicted octanol–water partition coefficient (Wildman–Crippen LogP) is 3.23. The van der Waals surface area contributed by atoms with Crippen molar-refractivity contribution in [1.29, 1.82) is 0 Å². The Kier molecular flexibility index (Phi) is 8.24. The molecule has 0 unspecified atom stereocenters. The topological polar surface area (TPSA) is 23.6 Å². The number of likely N-dealkylation sites (N-methyl/N-ethyl adjacent to an activating group) is 1. The summed E-state index contributed by atoms with van der Waals surface area (Å²) in [7, 11) is 0. The monoisotopic (exact) mass is 290 g/mol. The molecule has 0 aliphatic rings. The van der Waals surface area contributed by atoms with Gasteiger partial charge < -0.3 is 4.90 Å². The second-order valence-corrected chi connectivity index (χ2v) is 5.49. The minimum Gasteiger partial charge on any atom is -0.304 e. The average Bonchev–Trinajstić information content (AvgIpc) is 2.50. The molecule has 0 aromatic heterocycles. The Balaban J connectivity index is 2.47. The van der Waals surface area contributed by atoms with Gasteiger partial charge in [0, 0.05) is 5.56 Å². The van der Waals surface area contributed by atoms with Crippen LogP contribution in [0.15, 0.2) is 24.3 Å². The normalized spacial score (nSPS) is 11.3. The number of hydrogen-bond donors (Lipinski definition) is 0. The standard InChI is InChI=1S/C18H30N2O/c1-5-19(6-2)13-10-14-20(7-3)15-18(21)17-12-9-8-11-16(17)4/h8-9,11-12H,5-7,10,13-15H2,1-4H3. The highest BCUT2D eigenvalue weighted by molar-refractivity contribution is 5.98. The number of carbonyl (C=O) groups excluding carboxylic acids is 1. The van der Waals surface area contributed by atoms with Crippen LogP contribution in [0.5, 0.6) is 0 Å². The Morgan fingerprint density at radius 3 is 2.10 bits per heavy atom. The molecule has 0 radical (unpaired) electrons. The van der Waals surface area contributed by atoms with Gasteiger partial charge in [0.1, 0.15) is 0 Å². The van der Waals surface area contributed by atoms with Crippen molar-refractivity contribution in [2.75, 3.05) is 39.3 Å². The maximum atomic E-state index is 12.4. The van der Waals surface area contributed by atoms with Gasteiger partial charge in [-0.2, -0.15) is 0 Å². The van der Waals surface area contributed by atoms with E-state index in [4.69, 9.17) is 0 Å². The zero-order valence-corrected chi connectivity index (χ0v) is 14.1. The average molecular weight is 290 g/mol. The van der Waals surface area contributed by atoms with Crippen molar-refractivity contribution in [3.8, 4) is 0 Å². The van der Waals surface area contributed by atoms with Gasteiger partial charge in [0.25, 0.3) is 0 Å². The lowest BCUT2D eigenvalue weighted by Crippen LogP contribution is -2.33. The number of Topliss-reactive ketones (excluding diaryl/α,β-unsaturated/α-hetero) is 1. The molecule has 1 rings (SSSR count). The van der Waals surface area contributed by atoms with Crippen molar-refractivity contribution in [3.63, 3.8) is 0 Å². The first-order valence-electron chi connectivity index (χ1n) is 8.15. The molecule has 1 aromatic rings. The van der Waals surface area contributed by atoms with Gasteiger partial charge in [0.05, 0.1) is 6.54 Å². The third-order valence-electron chi connectivity index (χ3n) is 4.10. The molecule has 0 aliphatic heterocycles. The Labute approximate surface area is 129 Å². The Morgan fingerprint density at radius 1 is 0.952 bits per heavy atom. The summed E-state index contributed by atoms with van der Waals surface area (Å²) < 4.78 is 0. The van der Waals surface area contributed by atoms with Gasteiger partial charge in [-0.15, -0.1) is 0 Å². The first kappa shape index (κ1) is 17.9. The largest absolute Gasteiger partial charge is 0.304 e. The van der Waals surface area contributed by atoms with Crippen molar-refractivity contribution in [1.82, 2.24) is 9.80 Å². The summed E-state index contributed by atoms with van der Waals surface area (Å²) in [6.07, 6.45) is 1.12. The molecule has 21 heavy (non-hydrogen) atoms. The molecule has 0 atom stereocenters. The summed E-state index contributed by atoms with van der Waals surface area (Å²) >= 11 is 0. The predicted molar refractivity (Wildman–Crippen MR) is 90.0 cm³/mol. The SMILES string of the molecule is CCN(CC)CCCN(CC)CC(=O)c1ccccc1C. The van der Waals surface area contributed by atoms with Crippen LogP contribution in [-0.2, 0) is 0 Å². The number of aryl methyl sites for hydroxylation is 1. The van der Waals surface area contributed by atoms with E-state index in [-0.39, 0.29) is 5.78 Å². The summed E-state index contributed by atoms with van der Waals surface area (Å²) in [6, 6.07) is 7.86. The van der Waals surface area contributed by atoms with Crippen LogP contribution in [0.3, 0.4) is 0 Å². The maximum absolute atomic E-state index is 12.4. The second kappa shape index (κ2) is 9.69. The van der Waals surface area contributed by atoms with Gasteiger partial charge in [-0.05, 0) is 51.6 Å². The van der Waals surface area contributed by atoms with Crippen molar-refractivity contribution in [2.24, 2.45) is 0 Å². The zero-order chi connectivity index (χ0) is 15.7. The van der Waals surface area contributed by atoms with Crippen LogP contribution in [0.1, 0.15) is 43.1 Å². The van der Waals surface area contributed by atoms with Crippen molar-refractivity contribution in [3.05, 3.63) is 35.4 Å². The number of hydrogen-bond acceptors (Lipinski definition) is 3. The van der Waals surface area contributed by atoms with Gasteiger partial charge >= 0.3 is 0 Å². The van der Waals surface area contributed by atoms with Gasteiger partial charge in [-0.25, -0.2) is 0 Å². The van der Waals surface area contributed by atoms with E-state index in [9.17, 15) is 4.79 Å². The molecule has 0 bridgehead atoms. The summed E-state index contributed by atoms with van der Waals surface area (Å²) in [5, 5.41) is 0. The van der Waals surface area contributed by atoms with E-state index < -0.39 is 0 Å². The smallest absolute Gasteiger partial charge is 0.177 e. The number of carbonyl (C=O) groups is 1. The van der Waals surface area contributed by atoms with E-state index in [1.165, 1.54) is 0 Å². The Hall–Kier alpha value is -1.19. The molecular formula is C18H30N2O. The van der Waals surface area contributed by atoms with E-state index in [0.717, 1.165) is 50.3 Å². The van der Waals surface area contributed by atoms with E-state index in [2.05, 4.69) is 30.6 Å². The summed E-state index contributed by atoms with van der Waals surface area (Å²) in [5.74, 6) is 0.234. The lowest BCUT2D eigenvalue weighted by Gasteiger charge is -2.23. The van der Waals surface area contributed by atoms with Crippen LogP contribution in [0.4, 0.5) is 0 Å². The Bertz CT molecular complexity index is 427. The van der Waals surface area contributed by atoms with E-state index >= 15 is 0 Å². The van der Waals surface area contributed by atoms with Crippen LogP contribution in [0.25, 0.3) is 0 Å². The zero-order valence-electron chi connectivity index (χ0n) is 14.1. The summed E-state index contributed by atoms with van der Waals surface area (Å²) in [5.41, 5.74) is 1.93.